The van der Waals surface area contributed by atoms with Gasteiger partial charge in [0, 0.05) is 11.8 Å². The fraction of sp³-hybridized carbons (Fsp3) is 0.133. The van der Waals surface area contributed by atoms with Gasteiger partial charge in [0.05, 0.1) is 11.9 Å². The van der Waals surface area contributed by atoms with Crippen LogP contribution in [0.25, 0.3) is 0 Å². The molecule has 0 aliphatic carbocycles. The number of nitrogens with two attached hydrogens (primary N) is 1. The lowest BCUT2D eigenvalue weighted by molar-refractivity contribution is -0.118. The van der Waals surface area contributed by atoms with Gasteiger partial charge in [-0.15, -0.1) is 0 Å². The first-order valence-corrected chi connectivity index (χ1v) is 6.69. The van der Waals surface area contributed by atoms with Gasteiger partial charge in [-0.25, -0.2) is 0 Å². The lowest BCUT2D eigenvalue weighted by atomic mass is 10.2. The summed E-state index contributed by atoms with van der Waals surface area (Å²) in [6.45, 7) is 1.82. The zero-order valence-electron chi connectivity index (χ0n) is 11.5. The van der Waals surface area contributed by atoms with E-state index in [1.807, 2.05) is 13.0 Å². The molecule has 5 nitrogen and oxygen atoms in total. The molecule has 0 radical (unpaired) electrons. The second kappa shape index (κ2) is 6.81. The van der Waals surface area contributed by atoms with Crippen LogP contribution >= 0.6 is 12.2 Å². The van der Waals surface area contributed by atoms with Gasteiger partial charge < -0.3 is 15.8 Å². The van der Waals surface area contributed by atoms with Crippen LogP contribution in [-0.4, -0.2) is 22.5 Å². The largest absolute Gasteiger partial charge is 0.484 e. The Bertz CT molecular complexity index is 656. The summed E-state index contributed by atoms with van der Waals surface area (Å²) in [5.41, 5.74) is 7.88. The van der Waals surface area contributed by atoms with E-state index in [0.717, 1.165) is 11.1 Å². The van der Waals surface area contributed by atoms with Gasteiger partial charge in [-0.05, 0) is 42.8 Å². The number of hydrogen-bond acceptors (Lipinski definition) is 4. The van der Waals surface area contributed by atoms with E-state index >= 15 is 0 Å². The molecule has 0 unspecified atom stereocenters. The number of amides is 1. The number of carbonyl (C=O) groups excluding carboxylic acids is 1. The third-order valence-electron chi connectivity index (χ3n) is 2.67. The minimum Gasteiger partial charge on any atom is -0.484 e. The number of carbonyl (C=O) groups is 1. The Hall–Kier alpha value is -2.47. The van der Waals surface area contributed by atoms with Gasteiger partial charge in [-0.2, -0.15) is 0 Å². The summed E-state index contributed by atoms with van der Waals surface area (Å²) in [6, 6.07) is 8.77. The van der Waals surface area contributed by atoms with Crippen LogP contribution in [0.3, 0.4) is 0 Å². The van der Waals surface area contributed by atoms with Crippen molar-refractivity contribution in [3.05, 3.63) is 53.9 Å². The van der Waals surface area contributed by atoms with Crippen molar-refractivity contribution in [2.24, 2.45) is 5.73 Å². The van der Waals surface area contributed by atoms with Crippen molar-refractivity contribution < 1.29 is 9.53 Å². The molecule has 0 spiro atoms. The molecule has 1 amide bonds. The number of nitrogens with zero attached hydrogens (tertiary/aromatic N) is 1. The first kappa shape index (κ1) is 14.9. The minimum atomic E-state index is -0.249. The van der Waals surface area contributed by atoms with Crippen molar-refractivity contribution in [1.82, 2.24) is 4.98 Å². The van der Waals surface area contributed by atoms with E-state index in [4.69, 9.17) is 22.7 Å². The van der Waals surface area contributed by atoms with Gasteiger partial charge in [0.15, 0.2) is 6.61 Å². The van der Waals surface area contributed by atoms with Crippen molar-refractivity contribution >= 4 is 28.8 Å². The van der Waals surface area contributed by atoms with Gasteiger partial charge in [0.2, 0.25) is 0 Å². The average molecular weight is 301 g/mol. The number of rotatable bonds is 5. The van der Waals surface area contributed by atoms with Crippen LogP contribution in [0.1, 0.15) is 11.1 Å². The number of benzene rings is 1. The molecule has 0 atom stereocenters. The molecule has 6 heteroatoms. The van der Waals surface area contributed by atoms with Gasteiger partial charge in [-0.3, -0.25) is 9.78 Å². The second-order valence-electron chi connectivity index (χ2n) is 4.48. The zero-order chi connectivity index (χ0) is 15.2. The zero-order valence-corrected chi connectivity index (χ0v) is 12.3. The molecule has 1 heterocycles. The maximum atomic E-state index is 11.8. The summed E-state index contributed by atoms with van der Waals surface area (Å²) in [7, 11) is 0. The number of ether oxygens (including phenoxy) is 1. The lowest BCUT2D eigenvalue weighted by Gasteiger charge is -2.08. The highest BCUT2D eigenvalue weighted by Gasteiger charge is 2.04. The number of nitrogens with one attached hydrogen (secondary N) is 1. The van der Waals surface area contributed by atoms with Gasteiger partial charge in [0.25, 0.3) is 5.91 Å². The van der Waals surface area contributed by atoms with E-state index in [-0.39, 0.29) is 12.5 Å². The molecule has 0 saturated carbocycles. The average Bonchev–Trinajstić information content (AvgIpc) is 2.45. The highest BCUT2D eigenvalue weighted by atomic mass is 32.1. The van der Waals surface area contributed by atoms with Crippen LogP contribution in [0.15, 0.2) is 42.7 Å². The van der Waals surface area contributed by atoms with E-state index in [1.54, 1.807) is 36.7 Å². The van der Waals surface area contributed by atoms with Crippen LogP contribution in [-0.2, 0) is 4.79 Å². The molecule has 21 heavy (non-hydrogen) atoms. The van der Waals surface area contributed by atoms with E-state index in [1.165, 1.54) is 0 Å². The Morgan fingerprint density at radius 3 is 2.67 bits per heavy atom. The Kier molecular flexibility index (Phi) is 4.84. The van der Waals surface area contributed by atoms with Gasteiger partial charge in [-0.1, -0.05) is 12.2 Å². The molecule has 0 fully saturated rings. The fourth-order valence-corrected chi connectivity index (χ4v) is 1.82. The standard InChI is InChI=1S/C15H15N3O2S/c1-10-6-12(8-17-7-10)18-14(19)9-20-13-4-2-11(3-5-13)15(16)21/h2-8H,9H2,1H3,(H2,16,21)(H,18,19). The number of anilines is 1. The fourth-order valence-electron chi connectivity index (χ4n) is 1.68. The quantitative estimate of drug-likeness (QED) is 0.826. The minimum absolute atomic E-state index is 0.0830. The van der Waals surface area contributed by atoms with Crippen LogP contribution < -0.4 is 15.8 Å². The summed E-state index contributed by atoms with van der Waals surface area (Å²) in [4.78, 5) is 16.1. The Morgan fingerprint density at radius 1 is 1.33 bits per heavy atom. The summed E-state index contributed by atoms with van der Waals surface area (Å²) < 4.78 is 5.39. The molecular formula is C15H15N3O2S. The Morgan fingerprint density at radius 2 is 2.05 bits per heavy atom. The van der Waals surface area contributed by atoms with Crippen molar-refractivity contribution in [2.45, 2.75) is 6.92 Å². The molecule has 1 aromatic heterocycles. The third-order valence-corrected chi connectivity index (χ3v) is 2.90. The first-order chi connectivity index (χ1) is 10.0. The highest BCUT2D eigenvalue weighted by Crippen LogP contribution is 2.12. The first-order valence-electron chi connectivity index (χ1n) is 6.29. The number of pyridine rings is 1. The normalized spacial score (nSPS) is 9.95. The summed E-state index contributed by atoms with van der Waals surface area (Å²) in [6.07, 6.45) is 3.30. The van der Waals surface area contributed by atoms with Gasteiger partial charge in [0.1, 0.15) is 10.7 Å². The maximum absolute atomic E-state index is 11.8. The van der Waals surface area contributed by atoms with Crippen LogP contribution in [0.2, 0.25) is 0 Å². The monoisotopic (exact) mass is 301 g/mol. The molecule has 3 N–H and O–H groups in total. The van der Waals surface area contributed by atoms with Crippen LogP contribution in [0.4, 0.5) is 5.69 Å². The van der Waals surface area contributed by atoms with Crippen LogP contribution in [0.5, 0.6) is 5.75 Å². The Labute approximate surface area is 128 Å². The number of aromatic nitrogens is 1. The number of hydrogen-bond donors (Lipinski definition) is 2. The van der Waals surface area contributed by atoms with Crippen molar-refractivity contribution in [2.75, 3.05) is 11.9 Å². The smallest absolute Gasteiger partial charge is 0.262 e. The predicted molar refractivity (Wildman–Crippen MR) is 85.4 cm³/mol. The third kappa shape index (κ3) is 4.54. The molecule has 0 aliphatic rings. The SMILES string of the molecule is Cc1cncc(NC(=O)COc2ccc(C(N)=S)cc2)c1. The van der Waals surface area contributed by atoms with Crippen molar-refractivity contribution in [1.29, 1.82) is 0 Å². The summed E-state index contributed by atoms with van der Waals surface area (Å²) in [5.74, 6) is 0.327. The molecule has 0 saturated heterocycles. The topological polar surface area (TPSA) is 77.2 Å². The van der Waals surface area contributed by atoms with E-state index in [2.05, 4.69) is 10.3 Å². The highest BCUT2D eigenvalue weighted by molar-refractivity contribution is 7.80. The lowest BCUT2D eigenvalue weighted by Crippen LogP contribution is -2.20. The summed E-state index contributed by atoms with van der Waals surface area (Å²) >= 11 is 4.86. The van der Waals surface area contributed by atoms with Crippen LogP contribution in [0, 0.1) is 6.92 Å². The van der Waals surface area contributed by atoms with Crippen molar-refractivity contribution in [3.8, 4) is 5.75 Å². The molecule has 0 aliphatic heterocycles. The molecular weight excluding hydrogens is 286 g/mol. The van der Waals surface area contributed by atoms with Gasteiger partial charge >= 0.3 is 0 Å². The number of aryl methyl sites for hydroxylation is 1. The molecule has 2 aromatic rings. The Balaban J connectivity index is 1.87. The number of thiocarbonyl (C=S) groups is 1. The summed E-state index contributed by atoms with van der Waals surface area (Å²) in [5, 5.41) is 2.72. The van der Waals surface area contributed by atoms with Crippen molar-refractivity contribution in [3.63, 3.8) is 0 Å². The van der Waals surface area contributed by atoms with E-state index in [0.29, 0.717) is 16.4 Å². The molecule has 0 bridgehead atoms. The molecule has 108 valence electrons. The second-order valence-corrected chi connectivity index (χ2v) is 4.92. The van der Waals surface area contributed by atoms with E-state index in [9.17, 15) is 4.79 Å². The molecule has 2 rings (SSSR count). The molecule has 1 aromatic carbocycles. The van der Waals surface area contributed by atoms with E-state index < -0.39 is 0 Å². The predicted octanol–water partition coefficient (Wildman–Crippen LogP) is 2.04. The maximum Gasteiger partial charge on any atom is 0.262 e.